The molecule has 0 radical (unpaired) electrons. The molecule has 0 saturated heterocycles. The van der Waals surface area contributed by atoms with Gasteiger partial charge >= 0.3 is 0 Å². The highest BCUT2D eigenvalue weighted by Crippen LogP contribution is 2.11. The first-order chi connectivity index (χ1) is 8.81. The number of ether oxygens (including phenoxy) is 1. The summed E-state index contributed by atoms with van der Waals surface area (Å²) in [6.45, 7) is 4.73. The summed E-state index contributed by atoms with van der Waals surface area (Å²) in [4.78, 5) is 13.4. The third-order valence-electron chi connectivity index (χ3n) is 2.89. The van der Waals surface area contributed by atoms with Crippen molar-refractivity contribution in [3.63, 3.8) is 0 Å². The van der Waals surface area contributed by atoms with Gasteiger partial charge in [-0.3, -0.25) is 0 Å². The van der Waals surface area contributed by atoms with Crippen molar-refractivity contribution >= 4 is 6.08 Å². The number of allylic oxidation sites excluding steroid dienone is 1. The number of nitrogens with zero attached hydrogens (tertiary/aromatic N) is 1. The van der Waals surface area contributed by atoms with E-state index in [0.29, 0.717) is 12.6 Å². The second-order valence-corrected chi connectivity index (χ2v) is 4.65. The molecule has 0 heterocycles. The number of hydrogen-bond acceptors (Lipinski definition) is 3. The monoisotopic (exact) mass is 253 g/mol. The molecule has 0 spiro atoms. The molecule has 1 unspecified atom stereocenters. The van der Waals surface area contributed by atoms with Crippen LogP contribution in [-0.4, -0.2) is 18.7 Å². The summed E-state index contributed by atoms with van der Waals surface area (Å²) >= 11 is 0. The van der Waals surface area contributed by atoms with Gasteiger partial charge in [-0.05, 0) is 33.1 Å². The highest BCUT2D eigenvalue weighted by atomic mass is 16.5. The quantitative estimate of drug-likeness (QED) is 0.224. The Kier molecular flexibility index (Phi) is 13.1. The highest BCUT2D eigenvalue weighted by molar-refractivity contribution is 5.32. The predicted molar refractivity (Wildman–Crippen MR) is 75.3 cm³/mol. The first-order valence-electron chi connectivity index (χ1n) is 7.11. The van der Waals surface area contributed by atoms with Gasteiger partial charge in [0.2, 0.25) is 6.08 Å². The van der Waals surface area contributed by atoms with Gasteiger partial charge in [-0.1, -0.05) is 38.2 Å². The molecule has 0 N–H and O–H groups in total. The van der Waals surface area contributed by atoms with Gasteiger partial charge in [-0.15, -0.1) is 0 Å². The van der Waals surface area contributed by atoms with Crippen LogP contribution < -0.4 is 0 Å². The summed E-state index contributed by atoms with van der Waals surface area (Å²) < 4.78 is 5.45. The van der Waals surface area contributed by atoms with Crippen LogP contribution in [0.15, 0.2) is 17.3 Å². The molecule has 3 nitrogen and oxygen atoms in total. The fraction of sp³-hybridized carbons (Fsp3) is 0.800. The van der Waals surface area contributed by atoms with Gasteiger partial charge in [0.1, 0.15) is 0 Å². The Hall–Kier alpha value is -1.08. The van der Waals surface area contributed by atoms with E-state index in [1.54, 1.807) is 12.3 Å². The standard InChI is InChI=1S/C15H27NO2/c1-3-13-18-15(2)11-9-7-5-4-6-8-10-12-16-14-17/h3,13,15H,4-12H2,1-2H3. The van der Waals surface area contributed by atoms with Crippen molar-refractivity contribution in [1.29, 1.82) is 0 Å². The van der Waals surface area contributed by atoms with E-state index in [2.05, 4.69) is 11.9 Å². The molecule has 0 saturated carbocycles. The first-order valence-corrected chi connectivity index (χ1v) is 7.11. The largest absolute Gasteiger partial charge is 0.499 e. The zero-order valence-electron chi connectivity index (χ0n) is 11.9. The van der Waals surface area contributed by atoms with Crippen LogP contribution in [0.4, 0.5) is 0 Å². The molecule has 0 aromatic carbocycles. The van der Waals surface area contributed by atoms with E-state index < -0.39 is 0 Å². The molecule has 0 amide bonds. The van der Waals surface area contributed by atoms with Crippen molar-refractivity contribution < 1.29 is 9.53 Å². The summed E-state index contributed by atoms with van der Waals surface area (Å²) in [6, 6.07) is 0. The van der Waals surface area contributed by atoms with Gasteiger partial charge in [0, 0.05) is 0 Å². The summed E-state index contributed by atoms with van der Waals surface area (Å²) in [5.41, 5.74) is 0. The Morgan fingerprint density at radius 3 is 2.33 bits per heavy atom. The smallest absolute Gasteiger partial charge is 0.234 e. The van der Waals surface area contributed by atoms with Gasteiger partial charge in [-0.25, -0.2) is 9.79 Å². The molecule has 104 valence electrons. The first kappa shape index (κ1) is 16.9. The highest BCUT2D eigenvalue weighted by Gasteiger charge is 1.99. The molecular formula is C15H27NO2. The van der Waals surface area contributed by atoms with E-state index in [1.807, 2.05) is 13.0 Å². The SMILES string of the molecule is CC=COC(C)CCCCCCCCCN=C=O. The van der Waals surface area contributed by atoms with Crippen LogP contribution in [0, 0.1) is 0 Å². The molecule has 3 heteroatoms. The van der Waals surface area contributed by atoms with E-state index in [0.717, 1.165) is 12.8 Å². The van der Waals surface area contributed by atoms with E-state index in [-0.39, 0.29) is 0 Å². The van der Waals surface area contributed by atoms with Crippen LogP contribution in [-0.2, 0) is 9.53 Å². The predicted octanol–water partition coefficient (Wildman–Crippen LogP) is 4.38. The zero-order valence-corrected chi connectivity index (χ0v) is 11.9. The van der Waals surface area contributed by atoms with E-state index in [1.165, 1.54) is 38.5 Å². The molecule has 18 heavy (non-hydrogen) atoms. The molecule has 0 aliphatic rings. The Morgan fingerprint density at radius 1 is 1.11 bits per heavy atom. The molecule has 0 bridgehead atoms. The average Bonchev–Trinajstić information content (AvgIpc) is 2.38. The number of rotatable bonds is 12. The molecule has 0 rings (SSSR count). The number of carbonyl (C=O) groups excluding carboxylic acids is 1. The van der Waals surface area contributed by atoms with Crippen LogP contribution in [0.25, 0.3) is 0 Å². The van der Waals surface area contributed by atoms with Crippen molar-refractivity contribution in [3.05, 3.63) is 12.3 Å². The molecule has 0 fully saturated rings. The Bertz CT molecular complexity index is 245. The van der Waals surface area contributed by atoms with Crippen LogP contribution in [0.3, 0.4) is 0 Å². The molecule has 0 aliphatic heterocycles. The average molecular weight is 253 g/mol. The Morgan fingerprint density at radius 2 is 1.72 bits per heavy atom. The lowest BCUT2D eigenvalue weighted by atomic mass is 10.1. The zero-order chi connectivity index (χ0) is 13.5. The minimum atomic E-state index is 0.336. The summed E-state index contributed by atoms with van der Waals surface area (Å²) in [6.07, 6.45) is 15.3. The van der Waals surface area contributed by atoms with Gasteiger partial charge in [0.15, 0.2) is 0 Å². The number of hydrogen-bond donors (Lipinski definition) is 0. The fourth-order valence-corrected chi connectivity index (χ4v) is 1.83. The minimum Gasteiger partial charge on any atom is -0.499 e. The lowest BCUT2D eigenvalue weighted by Crippen LogP contribution is -2.03. The molecule has 1 atom stereocenters. The van der Waals surface area contributed by atoms with Crippen LogP contribution in [0.2, 0.25) is 0 Å². The van der Waals surface area contributed by atoms with Gasteiger partial charge < -0.3 is 4.74 Å². The Labute approximate surface area is 111 Å². The summed E-state index contributed by atoms with van der Waals surface area (Å²) in [7, 11) is 0. The van der Waals surface area contributed by atoms with Gasteiger partial charge in [-0.2, -0.15) is 0 Å². The van der Waals surface area contributed by atoms with Crippen LogP contribution >= 0.6 is 0 Å². The van der Waals surface area contributed by atoms with E-state index in [4.69, 9.17) is 4.74 Å². The number of isocyanates is 1. The van der Waals surface area contributed by atoms with Crippen molar-refractivity contribution in [3.8, 4) is 0 Å². The number of aliphatic imine (C=N–C) groups is 1. The molecule has 0 aromatic heterocycles. The second-order valence-electron chi connectivity index (χ2n) is 4.65. The minimum absolute atomic E-state index is 0.336. The van der Waals surface area contributed by atoms with Gasteiger partial charge in [0.05, 0.1) is 18.9 Å². The maximum absolute atomic E-state index is 9.83. The van der Waals surface area contributed by atoms with Crippen LogP contribution in [0.1, 0.15) is 65.2 Å². The van der Waals surface area contributed by atoms with Crippen molar-refractivity contribution in [2.24, 2.45) is 4.99 Å². The fourth-order valence-electron chi connectivity index (χ4n) is 1.83. The normalized spacial score (nSPS) is 12.3. The number of unbranched alkanes of at least 4 members (excludes halogenated alkanes) is 6. The van der Waals surface area contributed by atoms with Crippen LogP contribution in [0.5, 0.6) is 0 Å². The molecule has 0 aromatic rings. The maximum Gasteiger partial charge on any atom is 0.234 e. The second kappa shape index (κ2) is 14.0. The van der Waals surface area contributed by atoms with Gasteiger partial charge in [0.25, 0.3) is 0 Å². The lowest BCUT2D eigenvalue weighted by Gasteiger charge is -2.10. The third-order valence-corrected chi connectivity index (χ3v) is 2.89. The summed E-state index contributed by atoms with van der Waals surface area (Å²) in [5, 5.41) is 0. The van der Waals surface area contributed by atoms with Crippen molar-refractivity contribution in [2.45, 2.75) is 71.3 Å². The van der Waals surface area contributed by atoms with E-state index in [9.17, 15) is 4.79 Å². The maximum atomic E-state index is 9.83. The Balaban J connectivity index is 3.13. The van der Waals surface area contributed by atoms with E-state index >= 15 is 0 Å². The topological polar surface area (TPSA) is 38.7 Å². The molecular weight excluding hydrogens is 226 g/mol. The summed E-state index contributed by atoms with van der Waals surface area (Å²) in [5.74, 6) is 0. The van der Waals surface area contributed by atoms with Crippen molar-refractivity contribution in [2.75, 3.05) is 6.54 Å². The third kappa shape index (κ3) is 13.0. The molecule has 0 aliphatic carbocycles. The lowest BCUT2D eigenvalue weighted by molar-refractivity contribution is 0.149. The van der Waals surface area contributed by atoms with Crippen molar-refractivity contribution in [1.82, 2.24) is 0 Å².